The van der Waals surface area contributed by atoms with Gasteiger partial charge in [-0.3, -0.25) is 0 Å². The first kappa shape index (κ1) is 17.8. The maximum absolute atomic E-state index is 6.37. The van der Waals surface area contributed by atoms with Gasteiger partial charge in [0.05, 0.1) is 12.1 Å². The highest BCUT2D eigenvalue weighted by Crippen LogP contribution is 2.35. The number of hydrogen-bond donors (Lipinski definition) is 1. The minimum Gasteiger partial charge on any atom is -0.493 e. The van der Waals surface area contributed by atoms with Crippen molar-refractivity contribution >= 4 is 12.4 Å². The molecular formula is C17H24ClN3O2. The Kier molecular flexibility index (Phi) is 5.65. The summed E-state index contributed by atoms with van der Waals surface area (Å²) in [6.45, 7) is 4.93. The highest BCUT2D eigenvalue weighted by atomic mass is 35.5. The van der Waals surface area contributed by atoms with Crippen molar-refractivity contribution < 1.29 is 9.26 Å². The summed E-state index contributed by atoms with van der Waals surface area (Å²) in [6, 6.07) is 7.74. The molecule has 1 aliphatic carbocycles. The smallest absolute Gasteiger partial charge is 0.258 e. The Morgan fingerprint density at radius 3 is 2.74 bits per heavy atom. The highest BCUT2D eigenvalue weighted by molar-refractivity contribution is 5.85. The van der Waals surface area contributed by atoms with Gasteiger partial charge in [-0.2, -0.15) is 4.98 Å². The average molecular weight is 338 g/mol. The number of benzene rings is 1. The SMILES string of the molecule is CC(C)COc1cccc(-c2nc(C3(N)CCCC3)no2)c1.Cl. The number of hydrogen-bond acceptors (Lipinski definition) is 5. The van der Waals surface area contributed by atoms with Crippen LogP contribution in [0.25, 0.3) is 11.5 Å². The molecule has 126 valence electrons. The number of nitrogens with zero attached hydrogens (tertiary/aromatic N) is 2. The Labute approximate surface area is 143 Å². The van der Waals surface area contributed by atoms with Gasteiger partial charge < -0.3 is 15.0 Å². The molecule has 0 spiro atoms. The van der Waals surface area contributed by atoms with Gasteiger partial charge in [0.1, 0.15) is 5.75 Å². The molecule has 0 bridgehead atoms. The van der Waals surface area contributed by atoms with E-state index in [1.54, 1.807) is 0 Å². The molecule has 5 nitrogen and oxygen atoms in total. The second-order valence-corrected chi connectivity index (χ2v) is 6.52. The summed E-state index contributed by atoms with van der Waals surface area (Å²) in [5.74, 6) is 2.42. The van der Waals surface area contributed by atoms with Crippen LogP contribution in [0.4, 0.5) is 0 Å². The van der Waals surface area contributed by atoms with E-state index in [0.717, 1.165) is 37.0 Å². The van der Waals surface area contributed by atoms with Crippen molar-refractivity contribution in [3.05, 3.63) is 30.1 Å². The fraction of sp³-hybridized carbons (Fsp3) is 0.529. The topological polar surface area (TPSA) is 74.2 Å². The molecule has 0 atom stereocenters. The van der Waals surface area contributed by atoms with E-state index in [1.807, 2.05) is 24.3 Å². The molecule has 6 heteroatoms. The number of rotatable bonds is 5. The van der Waals surface area contributed by atoms with Gasteiger partial charge in [-0.05, 0) is 37.0 Å². The van der Waals surface area contributed by atoms with Gasteiger partial charge in [-0.15, -0.1) is 12.4 Å². The summed E-state index contributed by atoms with van der Waals surface area (Å²) in [7, 11) is 0. The summed E-state index contributed by atoms with van der Waals surface area (Å²) in [4.78, 5) is 4.51. The molecule has 0 aliphatic heterocycles. The zero-order valence-electron chi connectivity index (χ0n) is 13.6. The van der Waals surface area contributed by atoms with Crippen molar-refractivity contribution in [2.75, 3.05) is 6.61 Å². The maximum Gasteiger partial charge on any atom is 0.258 e. The Morgan fingerprint density at radius 2 is 2.04 bits per heavy atom. The second kappa shape index (κ2) is 7.32. The third-order valence-electron chi connectivity index (χ3n) is 4.03. The predicted molar refractivity (Wildman–Crippen MR) is 91.6 cm³/mol. The van der Waals surface area contributed by atoms with Crippen molar-refractivity contribution in [1.82, 2.24) is 10.1 Å². The third kappa shape index (κ3) is 4.03. The van der Waals surface area contributed by atoms with Gasteiger partial charge >= 0.3 is 0 Å². The predicted octanol–water partition coefficient (Wildman–Crippen LogP) is 3.92. The van der Waals surface area contributed by atoms with Crippen LogP contribution in [-0.2, 0) is 5.54 Å². The summed E-state index contributed by atoms with van der Waals surface area (Å²) in [6.07, 6.45) is 4.09. The fourth-order valence-corrected chi connectivity index (χ4v) is 2.75. The molecule has 0 amide bonds. The molecule has 1 aromatic heterocycles. The lowest BCUT2D eigenvalue weighted by molar-refractivity contribution is 0.271. The monoisotopic (exact) mass is 337 g/mol. The minimum absolute atomic E-state index is 0. The summed E-state index contributed by atoms with van der Waals surface area (Å²) >= 11 is 0. The number of halogens is 1. The van der Waals surface area contributed by atoms with Gasteiger partial charge in [-0.1, -0.05) is 37.9 Å². The van der Waals surface area contributed by atoms with Gasteiger partial charge in [0.15, 0.2) is 5.82 Å². The minimum atomic E-state index is -0.423. The summed E-state index contributed by atoms with van der Waals surface area (Å²) in [5, 5.41) is 4.10. The second-order valence-electron chi connectivity index (χ2n) is 6.52. The number of ether oxygens (including phenoxy) is 1. The van der Waals surface area contributed by atoms with Crippen LogP contribution in [0, 0.1) is 5.92 Å². The molecule has 2 N–H and O–H groups in total. The number of nitrogens with two attached hydrogens (primary N) is 1. The van der Waals surface area contributed by atoms with Crippen LogP contribution in [-0.4, -0.2) is 16.7 Å². The molecule has 0 saturated heterocycles. The normalized spacial score (nSPS) is 16.3. The first-order chi connectivity index (χ1) is 10.6. The maximum atomic E-state index is 6.37. The average Bonchev–Trinajstić information content (AvgIpc) is 3.15. The third-order valence-corrected chi connectivity index (χ3v) is 4.03. The first-order valence-electron chi connectivity index (χ1n) is 7.93. The van der Waals surface area contributed by atoms with Gasteiger partial charge in [0.2, 0.25) is 0 Å². The summed E-state index contributed by atoms with van der Waals surface area (Å²) < 4.78 is 11.2. The summed E-state index contributed by atoms with van der Waals surface area (Å²) in [5.41, 5.74) is 6.81. The van der Waals surface area contributed by atoms with Gasteiger partial charge in [0.25, 0.3) is 5.89 Å². The van der Waals surface area contributed by atoms with E-state index in [2.05, 4.69) is 24.0 Å². The molecule has 0 unspecified atom stereocenters. The van der Waals surface area contributed by atoms with Crippen molar-refractivity contribution in [1.29, 1.82) is 0 Å². The van der Waals surface area contributed by atoms with Crippen LogP contribution < -0.4 is 10.5 Å². The van der Waals surface area contributed by atoms with Crippen LogP contribution in [0.3, 0.4) is 0 Å². The lowest BCUT2D eigenvalue weighted by Crippen LogP contribution is -2.34. The van der Waals surface area contributed by atoms with E-state index in [-0.39, 0.29) is 12.4 Å². The molecule has 1 fully saturated rings. The van der Waals surface area contributed by atoms with Crippen LogP contribution in [0.15, 0.2) is 28.8 Å². The Morgan fingerprint density at radius 1 is 1.30 bits per heavy atom. The van der Waals surface area contributed by atoms with E-state index in [1.165, 1.54) is 0 Å². The molecule has 3 rings (SSSR count). The van der Waals surface area contributed by atoms with Gasteiger partial charge in [-0.25, -0.2) is 0 Å². The van der Waals surface area contributed by atoms with E-state index in [4.69, 9.17) is 15.0 Å². The number of aromatic nitrogens is 2. The van der Waals surface area contributed by atoms with Crippen molar-refractivity contribution in [2.24, 2.45) is 11.7 Å². The van der Waals surface area contributed by atoms with E-state index in [0.29, 0.717) is 24.2 Å². The van der Waals surface area contributed by atoms with Crippen molar-refractivity contribution in [3.8, 4) is 17.2 Å². The van der Waals surface area contributed by atoms with Crippen molar-refractivity contribution in [3.63, 3.8) is 0 Å². The molecule has 1 aromatic carbocycles. The van der Waals surface area contributed by atoms with Crippen LogP contribution in [0.1, 0.15) is 45.4 Å². The molecule has 0 radical (unpaired) electrons. The Balaban J connectivity index is 0.00000192. The highest BCUT2D eigenvalue weighted by Gasteiger charge is 2.36. The molecule has 1 aliphatic rings. The Bertz CT molecular complexity index is 636. The fourth-order valence-electron chi connectivity index (χ4n) is 2.75. The molecule has 1 saturated carbocycles. The first-order valence-corrected chi connectivity index (χ1v) is 7.93. The molecule has 2 aromatic rings. The zero-order valence-corrected chi connectivity index (χ0v) is 14.4. The largest absolute Gasteiger partial charge is 0.493 e. The standard InChI is InChI=1S/C17H23N3O2.ClH/c1-12(2)11-21-14-7-5-6-13(10-14)15-19-16(20-22-15)17(18)8-3-4-9-17;/h5-7,10,12H,3-4,8-9,11,18H2,1-2H3;1H. The van der Waals surface area contributed by atoms with Crippen molar-refractivity contribution in [2.45, 2.75) is 45.1 Å². The molecule has 23 heavy (non-hydrogen) atoms. The van der Waals surface area contributed by atoms with Crippen LogP contribution in [0.5, 0.6) is 5.75 Å². The van der Waals surface area contributed by atoms with E-state index in [9.17, 15) is 0 Å². The molecule has 1 heterocycles. The Hall–Kier alpha value is -1.59. The van der Waals surface area contributed by atoms with Gasteiger partial charge in [0, 0.05) is 5.56 Å². The van der Waals surface area contributed by atoms with E-state index < -0.39 is 5.54 Å². The lowest BCUT2D eigenvalue weighted by atomic mass is 9.99. The lowest BCUT2D eigenvalue weighted by Gasteiger charge is -2.17. The van der Waals surface area contributed by atoms with E-state index >= 15 is 0 Å². The molecular weight excluding hydrogens is 314 g/mol. The van der Waals surface area contributed by atoms with Crippen LogP contribution in [0.2, 0.25) is 0 Å². The zero-order chi connectivity index (χ0) is 15.6. The quantitative estimate of drug-likeness (QED) is 0.895. The van der Waals surface area contributed by atoms with Crippen LogP contribution >= 0.6 is 12.4 Å².